The molecule has 5 aromatic rings. The Morgan fingerprint density at radius 2 is 1.74 bits per heavy atom. The number of benzene rings is 2. The maximum absolute atomic E-state index is 9.48. The maximum atomic E-state index is 9.48. The van der Waals surface area contributed by atoms with E-state index in [0.29, 0.717) is 24.5 Å². The number of pyridine rings is 2. The minimum atomic E-state index is -0.109. The van der Waals surface area contributed by atoms with Gasteiger partial charge in [0.15, 0.2) is 0 Å². The van der Waals surface area contributed by atoms with Crippen LogP contribution in [0.3, 0.4) is 0 Å². The van der Waals surface area contributed by atoms with Crippen molar-refractivity contribution in [1.29, 1.82) is 5.26 Å². The van der Waals surface area contributed by atoms with Crippen LogP contribution in [0.2, 0.25) is 0 Å². The summed E-state index contributed by atoms with van der Waals surface area (Å²) in [5.41, 5.74) is 5.76. The quantitative estimate of drug-likeness (QED) is 0.233. The third kappa shape index (κ3) is 6.29. The zero-order valence-electron chi connectivity index (χ0n) is 23.5. The van der Waals surface area contributed by atoms with Crippen molar-refractivity contribution in [2.45, 2.75) is 25.4 Å². The predicted molar refractivity (Wildman–Crippen MR) is 163 cm³/mol. The first kappa shape index (κ1) is 27.1. The minimum Gasteiger partial charge on any atom is -0.382 e. The van der Waals surface area contributed by atoms with Crippen molar-refractivity contribution in [1.82, 2.24) is 25.0 Å². The highest BCUT2D eigenvalue weighted by molar-refractivity contribution is 5.72. The summed E-state index contributed by atoms with van der Waals surface area (Å²) in [5, 5.41) is 22.0. The molecule has 4 heterocycles. The molecule has 0 saturated carbocycles. The molecule has 1 saturated heterocycles. The Hall–Kier alpha value is -5.07. The van der Waals surface area contributed by atoms with Gasteiger partial charge < -0.3 is 15.0 Å². The van der Waals surface area contributed by atoms with Crippen LogP contribution in [-0.4, -0.2) is 51.8 Å². The number of methoxy groups -OCH3 is 1. The fourth-order valence-corrected chi connectivity index (χ4v) is 5.25. The first-order valence-corrected chi connectivity index (χ1v) is 14.1. The number of aromatic nitrogens is 5. The zero-order chi connectivity index (χ0) is 28.7. The van der Waals surface area contributed by atoms with E-state index >= 15 is 0 Å². The van der Waals surface area contributed by atoms with Crippen LogP contribution >= 0.6 is 0 Å². The summed E-state index contributed by atoms with van der Waals surface area (Å²) in [6.07, 6.45) is 4.35. The molecule has 9 heteroatoms. The number of hydrogen-bond donors (Lipinski definition) is 1. The summed E-state index contributed by atoms with van der Waals surface area (Å²) in [5.74, 6) is 1.69. The number of rotatable bonds is 10. The van der Waals surface area contributed by atoms with E-state index in [1.165, 1.54) is 12.8 Å². The Balaban J connectivity index is 1.32. The molecule has 0 bridgehead atoms. The molecule has 210 valence electrons. The summed E-state index contributed by atoms with van der Waals surface area (Å²) < 4.78 is 7.34. The fraction of sp³-hybridized carbons (Fsp3) is 0.242. The van der Waals surface area contributed by atoms with E-state index in [-0.39, 0.29) is 6.04 Å². The average Bonchev–Trinajstić information content (AvgIpc) is 3.75. The van der Waals surface area contributed by atoms with Gasteiger partial charge in [-0.25, -0.2) is 14.6 Å². The number of anilines is 2. The number of nitrogens with one attached hydrogen (secondary N) is 1. The molecule has 1 N–H and O–H groups in total. The molecule has 1 aliphatic heterocycles. The molecule has 1 atom stereocenters. The van der Waals surface area contributed by atoms with Crippen LogP contribution in [-0.2, 0) is 11.3 Å². The lowest BCUT2D eigenvalue weighted by atomic mass is 10.0. The Kier molecular flexibility index (Phi) is 8.15. The first-order chi connectivity index (χ1) is 20.7. The molecule has 1 aliphatic rings. The van der Waals surface area contributed by atoms with Crippen molar-refractivity contribution in [3.8, 4) is 28.6 Å². The van der Waals surface area contributed by atoms with Gasteiger partial charge in [0.1, 0.15) is 17.3 Å². The van der Waals surface area contributed by atoms with Crippen LogP contribution in [0.25, 0.3) is 22.5 Å². The summed E-state index contributed by atoms with van der Waals surface area (Å²) in [7, 11) is 1.69. The molecule has 9 nitrogen and oxygen atoms in total. The molecular formula is C33H32N8O. The van der Waals surface area contributed by atoms with Crippen molar-refractivity contribution in [2.24, 2.45) is 0 Å². The van der Waals surface area contributed by atoms with Gasteiger partial charge in [-0.05, 0) is 54.8 Å². The Morgan fingerprint density at radius 3 is 2.55 bits per heavy atom. The standard InChI is InChI=1S/C33H32N8O/c1-42-23-31(25-10-3-2-4-11-25)37-32-19-27(18-29(36-32)26-12-7-9-24(17-26)20-34)30-22-41(39-38-30)21-28-13-8-14-33(35-28)40-15-5-6-16-40/h2-4,7-14,17-19,22,31H,5-6,15-16,21,23H2,1H3,(H,36,37)/t31-/m0/s1. The molecular weight excluding hydrogens is 524 g/mol. The van der Waals surface area contributed by atoms with Crippen molar-refractivity contribution in [3.05, 3.63) is 108 Å². The van der Waals surface area contributed by atoms with Gasteiger partial charge in [0.05, 0.1) is 48.4 Å². The molecule has 0 spiro atoms. The van der Waals surface area contributed by atoms with Gasteiger partial charge in [-0.1, -0.05) is 53.7 Å². The van der Waals surface area contributed by atoms with E-state index in [4.69, 9.17) is 14.7 Å². The highest BCUT2D eigenvalue weighted by atomic mass is 16.5. The van der Waals surface area contributed by atoms with Gasteiger partial charge in [0.25, 0.3) is 0 Å². The van der Waals surface area contributed by atoms with Crippen LogP contribution in [0.5, 0.6) is 0 Å². The SMILES string of the molecule is COC[C@H](Nc1cc(-c2cn(Cc3cccc(N4CCCC4)n3)nn2)cc(-c2cccc(C#N)c2)n1)c1ccccc1. The fourth-order valence-electron chi connectivity index (χ4n) is 5.25. The number of nitriles is 1. The zero-order valence-corrected chi connectivity index (χ0v) is 23.5. The molecule has 0 unspecified atom stereocenters. The van der Waals surface area contributed by atoms with Crippen molar-refractivity contribution >= 4 is 11.6 Å². The first-order valence-electron chi connectivity index (χ1n) is 14.1. The summed E-state index contributed by atoms with van der Waals surface area (Å²) in [4.78, 5) is 12.1. The molecule has 3 aromatic heterocycles. The summed E-state index contributed by atoms with van der Waals surface area (Å²) in [6, 6.07) is 29.8. The molecule has 6 rings (SSSR count). The van der Waals surface area contributed by atoms with Crippen LogP contribution < -0.4 is 10.2 Å². The predicted octanol–water partition coefficient (Wildman–Crippen LogP) is 5.72. The van der Waals surface area contributed by atoms with Gasteiger partial charge in [0, 0.05) is 31.3 Å². The third-order valence-corrected chi connectivity index (χ3v) is 7.35. The Bertz CT molecular complexity index is 1690. The lowest BCUT2D eigenvalue weighted by molar-refractivity contribution is 0.186. The molecule has 0 radical (unpaired) electrons. The average molecular weight is 557 g/mol. The van der Waals surface area contributed by atoms with Gasteiger partial charge in [-0.2, -0.15) is 5.26 Å². The van der Waals surface area contributed by atoms with Crippen LogP contribution in [0.4, 0.5) is 11.6 Å². The van der Waals surface area contributed by atoms with Gasteiger partial charge in [-0.15, -0.1) is 5.10 Å². The third-order valence-electron chi connectivity index (χ3n) is 7.35. The molecule has 0 aliphatic carbocycles. The maximum Gasteiger partial charge on any atom is 0.128 e. The molecule has 42 heavy (non-hydrogen) atoms. The highest BCUT2D eigenvalue weighted by Crippen LogP contribution is 2.29. The van der Waals surface area contributed by atoms with E-state index in [9.17, 15) is 5.26 Å². The Labute approximate surface area is 245 Å². The van der Waals surface area contributed by atoms with E-state index in [1.54, 1.807) is 13.2 Å². The van der Waals surface area contributed by atoms with Crippen molar-refractivity contribution in [3.63, 3.8) is 0 Å². The van der Waals surface area contributed by atoms with E-state index < -0.39 is 0 Å². The number of hydrogen-bond acceptors (Lipinski definition) is 8. The van der Waals surface area contributed by atoms with Crippen molar-refractivity contribution < 1.29 is 4.74 Å². The second kappa shape index (κ2) is 12.6. The smallest absolute Gasteiger partial charge is 0.128 e. The van der Waals surface area contributed by atoms with Crippen LogP contribution in [0, 0.1) is 11.3 Å². The molecule has 1 fully saturated rings. The number of ether oxygens (including phenoxy) is 1. The number of nitrogens with zero attached hydrogens (tertiary/aromatic N) is 7. The summed E-state index contributed by atoms with van der Waals surface area (Å²) >= 11 is 0. The lowest BCUT2D eigenvalue weighted by Crippen LogP contribution is -2.19. The normalized spacial score (nSPS) is 13.6. The van der Waals surface area contributed by atoms with Crippen molar-refractivity contribution in [2.75, 3.05) is 37.0 Å². The van der Waals surface area contributed by atoms with Gasteiger partial charge in [0.2, 0.25) is 0 Å². The van der Waals surface area contributed by atoms with E-state index in [2.05, 4.69) is 50.9 Å². The van der Waals surface area contributed by atoms with Gasteiger partial charge >= 0.3 is 0 Å². The van der Waals surface area contributed by atoms with E-state index in [1.807, 2.05) is 65.5 Å². The summed E-state index contributed by atoms with van der Waals surface area (Å²) in [6.45, 7) is 3.09. The van der Waals surface area contributed by atoms with Crippen LogP contribution in [0.1, 0.15) is 35.7 Å². The largest absolute Gasteiger partial charge is 0.382 e. The molecule has 2 aromatic carbocycles. The lowest BCUT2D eigenvalue weighted by Gasteiger charge is -2.20. The minimum absolute atomic E-state index is 0.109. The monoisotopic (exact) mass is 556 g/mol. The van der Waals surface area contributed by atoms with E-state index in [0.717, 1.165) is 52.7 Å². The Morgan fingerprint density at radius 1 is 0.905 bits per heavy atom. The molecule has 0 amide bonds. The van der Waals surface area contributed by atoms with Crippen LogP contribution in [0.15, 0.2) is 91.1 Å². The second-order valence-electron chi connectivity index (χ2n) is 10.4. The van der Waals surface area contributed by atoms with Gasteiger partial charge in [-0.3, -0.25) is 0 Å². The highest BCUT2D eigenvalue weighted by Gasteiger charge is 2.17. The second-order valence-corrected chi connectivity index (χ2v) is 10.4. The topological polar surface area (TPSA) is 105 Å².